The first kappa shape index (κ1) is 15.6. The van der Waals surface area contributed by atoms with Crippen molar-refractivity contribution in [3.8, 4) is 0 Å². The van der Waals surface area contributed by atoms with Crippen molar-refractivity contribution in [3.05, 3.63) is 59.4 Å². The second kappa shape index (κ2) is 6.89. The molecule has 1 aromatic carbocycles. The van der Waals surface area contributed by atoms with Gasteiger partial charge < -0.3 is 5.32 Å². The number of imide groups is 1. The number of halogens is 1. The number of hydrogen-bond acceptors (Lipinski definition) is 4. The zero-order valence-corrected chi connectivity index (χ0v) is 13.2. The Hall–Kier alpha value is -2.24. The normalized spacial score (nSPS) is 17.8. The minimum atomic E-state index is -0.484. The molecule has 0 radical (unpaired) electrons. The Morgan fingerprint density at radius 1 is 1.17 bits per heavy atom. The van der Waals surface area contributed by atoms with Gasteiger partial charge in [-0.1, -0.05) is 17.7 Å². The third kappa shape index (κ3) is 3.57. The summed E-state index contributed by atoms with van der Waals surface area (Å²) in [5.74, 6) is -0.425. The summed E-state index contributed by atoms with van der Waals surface area (Å²) in [6.07, 6.45) is 2.62. The standard InChI is InChI=1S/C17H16ClN3O2/c18-12-4-6-14(7-5-12)21-16(22)11-15(17(21)23)20-10-8-13-3-1-2-9-19-13/h1-7,9,15,20H,8,10-11H2. The fraction of sp³-hybridized carbons (Fsp3) is 0.235. The lowest BCUT2D eigenvalue weighted by atomic mass is 10.2. The van der Waals surface area contributed by atoms with Crippen LogP contribution in [-0.2, 0) is 16.0 Å². The molecule has 1 aromatic heterocycles. The molecule has 1 saturated heterocycles. The Morgan fingerprint density at radius 3 is 2.65 bits per heavy atom. The zero-order valence-electron chi connectivity index (χ0n) is 12.4. The lowest BCUT2D eigenvalue weighted by molar-refractivity contribution is -0.121. The van der Waals surface area contributed by atoms with Crippen LogP contribution in [-0.4, -0.2) is 29.4 Å². The fourth-order valence-electron chi connectivity index (χ4n) is 2.57. The van der Waals surface area contributed by atoms with Gasteiger partial charge in [0.15, 0.2) is 0 Å². The SMILES string of the molecule is O=C1CC(NCCc2ccccn2)C(=O)N1c1ccc(Cl)cc1. The van der Waals surface area contributed by atoms with Gasteiger partial charge in [0.05, 0.1) is 18.2 Å². The molecule has 0 saturated carbocycles. The van der Waals surface area contributed by atoms with Crippen LogP contribution in [0.3, 0.4) is 0 Å². The molecule has 5 nitrogen and oxygen atoms in total. The number of nitrogens with one attached hydrogen (secondary N) is 1. The second-order valence-electron chi connectivity index (χ2n) is 5.33. The van der Waals surface area contributed by atoms with Crippen LogP contribution in [0.25, 0.3) is 0 Å². The van der Waals surface area contributed by atoms with Crippen LogP contribution in [0.4, 0.5) is 5.69 Å². The summed E-state index contributed by atoms with van der Waals surface area (Å²) < 4.78 is 0. The van der Waals surface area contributed by atoms with Gasteiger partial charge in [-0.25, -0.2) is 4.90 Å². The van der Waals surface area contributed by atoms with E-state index in [1.165, 1.54) is 4.90 Å². The van der Waals surface area contributed by atoms with Crippen LogP contribution in [0.15, 0.2) is 48.7 Å². The molecule has 0 aliphatic carbocycles. The van der Waals surface area contributed by atoms with E-state index in [2.05, 4.69) is 10.3 Å². The predicted octanol–water partition coefficient (Wildman–Crippen LogP) is 2.20. The Bertz CT molecular complexity index is 704. The number of carbonyl (C=O) groups is 2. The van der Waals surface area contributed by atoms with Crippen molar-refractivity contribution in [2.45, 2.75) is 18.9 Å². The Labute approximate surface area is 139 Å². The van der Waals surface area contributed by atoms with E-state index in [1.807, 2.05) is 18.2 Å². The van der Waals surface area contributed by atoms with Crippen molar-refractivity contribution in [1.82, 2.24) is 10.3 Å². The molecular weight excluding hydrogens is 314 g/mol. The van der Waals surface area contributed by atoms with Gasteiger partial charge in [0.1, 0.15) is 0 Å². The van der Waals surface area contributed by atoms with Gasteiger partial charge in [-0.2, -0.15) is 0 Å². The van der Waals surface area contributed by atoms with Gasteiger partial charge in [0, 0.05) is 29.9 Å². The molecule has 118 valence electrons. The van der Waals surface area contributed by atoms with Gasteiger partial charge in [-0.3, -0.25) is 14.6 Å². The molecule has 1 aliphatic rings. The monoisotopic (exact) mass is 329 g/mol. The average molecular weight is 330 g/mol. The van der Waals surface area contributed by atoms with Gasteiger partial charge in [0.25, 0.3) is 5.91 Å². The molecule has 0 bridgehead atoms. The van der Waals surface area contributed by atoms with Crippen molar-refractivity contribution < 1.29 is 9.59 Å². The maximum Gasteiger partial charge on any atom is 0.251 e. The molecule has 6 heteroatoms. The van der Waals surface area contributed by atoms with E-state index in [1.54, 1.807) is 30.5 Å². The van der Waals surface area contributed by atoms with Crippen LogP contribution >= 0.6 is 11.6 Å². The molecule has 2 aromatic rings. The van der Waals surface area contributed by atoms with Gasteiger partial charge in [-0.05, 0) is 36.4 Å². The first-order valence-corrected chi connectivity index (χ1v) is 7.78. The number of hydrogen-bond donors (Lipinski definition) is 1. The molecule has 2 amide bonds. The molecular formula is C17H16ClN3O2. The molecule has 1 N–H and O–H groups in total. The molecule has 23 heavy (non-hydrogen) atoms. The lowest BCUT2D eigenvalue weighted by Crippen LogP contribution is -2.39. The number of nitrogens with zero attached hydrogens (tertiary/aromatic N) is 2. The molecule has 3 rings (SSSR count). The lowest BCUT2D eigenvalue weighted by Gasteiger charge is -2.15. The highest BCUT2D eigenvalue weighted by Crippen LogP contribution is 2.24. The summed E-state index contributed by atoms with van der Waals surface area (Å²) in [5.41, 5.74) is 1.50. The number of anilines is 1. The van der Waals surface area contributed by atoms with Crippen LogP contribution in [0.2, 0.25) is 5.02 Å². The van der Waals surface area contributed by atoms with E-state index in [-0.39, 0.29) is 18.2 Å². The van der Waals surface area contributed by atoms with Gasteiger partial charge >= 0.3 is 0 Å². The third-order valence-corrected chi connectivity index (χ3v) is 3.98. The summed E-state index contributed by atoms with van der Waals surface area (Å²) in [4.78, 5) is 30.0. The molecule has 1 atom stereocenters. The van der Waals surface area contributed by atoms with Gasteiger partial charge in [-0.15, -0.1) is 0 Å². The van der Waals surface area contributed by atoms with Crippen LogP contribution in [0.1, 0.15) is 12.1 Å². The Balaban J connectivity index is 1.61. The summed E-state index contributed by atoms with van der Waals surface area (Å²) in [7, 11) is 0. The van der Waals surface area contributed by atoms with E-state index < -0.39 is 6.04 Å². The number of rotatable bonds is 5. The Kier molecular flexibility index (Phi) is 4.69. The summed E-state index contributed by atoms with van der Waals surface area (Å²) >= 11 is 5.84. The van der Waals surface area contributed by atoms with E-state index >= 15 is 0 Å². The van der Waals surface area contributed by atoms with E-state index in [4.69, 9.17) is 11.6 Å². The smallest absolute Gasteiger partial charge is 0.251 e. The number of aromatic nitrogens is 1. The van der Waals surface area contributed by atoms with Crippen molar-refractivity contribution in [2.75, 3.05) is 11.4 Å². The first-order valence-electron chi connectivity index (χ1n) is 7.41. The molecule has 1 aliphatic heterocycles. The number of pyridine rings is 1. The fourth-order valence-corrected chi connectivity index (χ4v) is 2.70. The molecule has 2 heterocycles. The van der Waals surface area contributed by atoms with E-state index in [9.17, 15) is 9.59 Å². The summed E-state index contributed by atoms with van der Waals surface area (Å²) in [5, 5.41) is 3.71. The highest BCUT2D eigenvalue weighted by Gasteiger charge is 2.39. The van der Waals surface area contributed by atoms with Crippen LogP contribution in [0, 0.1) is 0 Å². The zero-order chi connectivity index (χ0) is 16.2. The number of amides is 2. The minimum absolute atomic E-state index is 0.170. The third-order valence-electron chi connectivity index (χ3n) is 3.73. The largest absolute Gasteiger partial charge is 0.305 e. The molecule has 1 unspecified atom stereocenters. The van der Waals surface area contributed by atoms with Crippen LogP contribution < -0.4 is 10.2 Å². The quantitative estimate of drug-likeness (QED) is 0.854. The average Bonchev–Trinajstić information content (AvgIpc) is 2.84. The topological polar surface area (TPSA) is 62.3 Å². The van der Waals surface area contributed by atoms with E-state index in [0.29, 0.717) is 23.7 Å². The first-order chi connectivity index (χ1) is 11.1. The Morgan fingerprint density at radius 2 is 1.96 bits per heavy atom. The highest BCUT2D eigenvalue weighted by atomic mass is 35.5. The minimum Gasteiger partial charge on any atom is -0.305 e. The number of benzene rings is 1. The summed E-state index contributed by atoms with van der Waals surface area (Å²) in [6.45, 7) is 0.592. The molecule has 0 spiro atoms. The van der Waals surface area contributed by atoms with Gasteiger partial charge in [0.2, 0.25) is 5.91 Å². The highest BCUT2D eigenvalue weighted by molar-refractivity contribution is 6.30. The maximum atomic E-state index is 12.4. The van der Waals surface area contributed by atoms with E-state index in [0.717, 1.165) is 5.69 Å². The molecule has 1 fully saturated rings. The van der Waals surface area contributed by atoms with Crippen molar-refractivity contribution in [3.63, 3.8) is 0 Å². The maximum absolute atomic E-state index is 12.4. The van der Waals surface area contributed by atoms with Crippen molar-refractivity contribution in [1.29, 1.82) is 0 Å². The van der Waals surface area contributed by atoms with Crippen LogP contribution in [0.5, 0.6) is 0 Å². The van der Waals surface area contributed by atoms with Crippen molar-refractivity contribution >= 4 is 29.1 Å². The summed E-state index contributed by atoms with van der Waals surface area (Å²) in [6, 6.07) is 11.9. The van der Waals surface area contributed by atoms with Crippen molar-refractivity contribution in [2.24, 2.45) is 0 Å². The number of carbonyl (C=O) groups excluding carboxylic acids is 2. The predicted molar refractivity (Wildman–Crippen MR) is 88.3 cm³/mol. The second-order valence-corrected chi connectivity index (χ2v) is 5.76.